The first-order valence-corrected chi connectivity index (χ1v) is 12.4. The molecule has 35 heavy (non-hydrogen) atoms. The van der Waals surface area contributed by atoms with Crippen LogP contribution >= 0.6 is 0 Å². The summed E-state index contributed by atoms with van der Waals surface area (Å²) >= 11 is 0. The number of pyridine rings is 1. The lowest BCUT2D eigenvalue weighted by atomic mass is 9.68. The Bertz CT molecular complexity index is 1280. The number of hydrogen-bond donors (Lipinski definition) is 2. The normalized spacial score (nSPS) is 21.3. The number of fused-ring (bicyclic) bond motifs is 4. The van der Waals surface area contributed by atoms with E-state index in [0.29, 0.717) is 25.2 Å². The Morgan fingerprint density at radius 1 is 1.17 bits per heavy atom. The lowest BCUT2D eigenvalue weighted by molar-refractivity contribution is -0.138. The highest BCUT2D eigenvalue weighted by molar-refractivity contribution is 5.94. The van der Waals surface area contributed by atoms with Crippen LogP contribution in [0.15, 0.2) is 42.7 Å². The summed E-state index contributed by atoms with van der Waals surface area (Å²) in [6, 6.07) is 9.12. The molecule has 1 saturated carbocycles. The number of likely N-dealkylation sites (tertiary alicyclic amines) is 1. The molecule has 3 aromatic rings. The number of carbonyl (C=O) groups excluding carboxylic acids is 2. The van der Waals surface area contributed by atoms with E-state index in [1.54, 1.807) is 31.6 Å². The number of aliphatic hydroxyl groups excluding tert-OH is 1. The summed E-state index contributed by atoms with van der Waals surface area (Å²) in [4.78, 5) is 37.8. The van der Waals surface area contributed by atoms with Gasteiger partial charge in [0.05, 0.1) is 19.8 Å². The Morgan fingerprint density at radius 2 is 1.91 bits per heavy atom. The summed E-state index contributed by atoms with van der Waals surface area (Å²) in [6.07, 6.45) is 6.63. The number of benzene rings is 1. The molecule has 8 nitrogen and oxygen atoms in total. The molecule has 2 amide bonds. The van der Waals surface area contributed by atoms with Crippen LogP contribution in [0.1, 0.15) is 53.3 Å². The number of methoxy groups -OCH3 is 1. The Morgan fingerprint density at radius 3 is 2.57 bits per heavy atom. The highest BCUT2D eigenvalue weighted by Crippen LogP contribution is 2.50. The molecule has 1 aromatic carbocycles. The van der Waals surface area contributed by atoms with E-state index in [4.69, 9.17) is 4.74 Å². The van der Waals surface area contributed by atoms with E-state index < -0.39 is 6.04 Å². The van der Waals surface area contributed by atoms with Crippen LogP contribution in [0.5, 0.6) is 5.75 Å². The number of aliphatic hydroxyl groups is 1. The zero-order chi connectivity index (χ0) is 24.2. The van der Waals surface area contributed by atoms with E-state index >= 15 is 0 Å². The number of rotatable bonds is 4. The van der Waals surface area contributed by atoms with Gasteiger partial charge in [-0.1, -0.05) is 0 Å². The van der Waals surface area contributed by atoms with Gasteiger partial charge in [-0.2, -0.15) is 0 Å². The Labute approximate surface area is 203 Å². The maximum atomic E-state index is 13.3. The van der Waals surface area contributed by atoms with Crippen molar-refractivity contribution in [1.29, 1.82) is 0 Å². The van der Waals surface area contributed by atoms with E-state index in [1.807, 2.05) is 21.9 Å². The first kappa shape index (κ1) is 22.1. The Balaban J connectivity index is 1.40. The molecule has 2 aromatic heterocycles. The van der Waals surface area contributed by atoms with Crippen LogP contribution in [0, 0.1) is 5.92 Å². The molecule has 0 unspecified atom stereocenters. The second kappa shape index (κ2) is 8.37. The quantitative estimate of drug-likeness (QED) is 0.606. The summed E-state index contributed by atoms with van der Waals surface area (Å²) in [5.74, 6) is 0.983. The Hall–Kier alpha value is -3.39. The number of H-pyrrole nitrogens is 1. The van der Waals surface area contributed by atoms with Gasteiger partial charge >= 0.3 is 0 Å². The topological polar surface area (TPSA) is 98.8 Å². The van der Waals surface area contributed by atoms with Crippen LogP contribution < -0.4 is 4.74 Å². The molecule has 0 bridgehead atoms. The van der Waals surface area contributed by atoms with Crippen LogP contribution in [0.3, 0.4) is 0 Å². The lowest BCUT2D eigenvalue weighted by Crippen LogP contribution is -2.56. The van der Waals surface area contributed by atoms with Gasteiger partial charge in [0.1, 0.15) is 5.75 Å². The molecule has 6 rings (SSSR count). The van der Waals surface area contributed by atoms with Gasteiger partial charge in [0.15, 0.2) is 0 Å². The molecule has 1 atom stereocenters. The summed E-state index contributed by atoms with van der Waals surface area (Å²) in [6.45, 7) is 1.66. The average molecular weight is 475 g/mol. The molecule has 182 valence electrons. The number of piperidine rings is 1. The van der Waals surface area contributed by atoms with Crippen molar-refractivity contribution in [2.24, 2.45) is 5.92 Å². The smallest absolute Gasteiger partial charge is 0.253 e. The Kier molecular flexibility index (Phi) is 5.29. The van der Waals surface area contributed by atoms with Gasteiger partial charge < -0.3 is 24.6 Å². The van der Waals surface area contributed by atoms with Crippen molar-refractivity contribution >= 4 is 22.7 Å². The molecular weight excluding hydrogens is 444 g/mol. The lowest BCUT2D eigenvalue weighted by Gasteiger charge is -2.50. The van der Waals surface area contributed by atoms with E-state index in [0.717, 1.165) is 48.0 Å². The minimum Gasteiger partial charge on any atom is -0.497 e. The molecule has 2 N–H and O–H groups in total. The number of ether oxygens (including phenoxy) is 1. The number of hydrogen-bond acceptors (Lipinski definition) is 5. The molecule has 0 radical (unpaired) electrons. The van der Waals surface area contributed by atoms with Crippen molar-refractivity contribution in [3.05, 3.63) is 59.5 Å². The maximum Gasteiger partial charge on any atom is 0.253 e. The fourth-order valence-electron chi connectivity index (χ4n) is 6.03. The van der Waals surface area contributed by atoms with Gasteiger partial charge in [0.2, 0.25) is 5.91 Å². The predicted octanol–water partition coefficient (Wildman–Crippen LogP) is 3.03. The highest BCUT2D eigenvalue weighted by Gasteiger charge is 2.50. The molecule has 1 saturated heterocycles. The number of aromatic amines is 1. The van der Waals surface area contributed by atoms with Crippen LogP contribution in [0.25, 0.3) is 10.9 Å². The standard InChI is InChI=1S/C27H30N4O4/c1-35-19-4-5-20-21(14-19)29-24-22(15-32)31(26(34)17-2-3-17)16-27(23(20)24)8-12-30(13-9-27)25(33)18-6-10-28-11-7-18/h4-7,10-11,14,17,22,29,32H,2-3,8-9,12-13,15-16H2,1H3/t22-/m1/s1. The summed E-state index contributed by atoms with van der Waals surface area (Å²) in [7, 11) is 1.65. The zero-order valence-electron chi connectivity index (χ0n) is 19.9. The minimum absolute atomic E-state index is 0.0149. The van der Waals surface area contributed by atoms with Crippen molar-refractivity contribution in [1.82, 2.24) is 19.8 Å². The van der Waals surface area contributed by atoms with Gasteiger partial charge in [0, 0.05) is 71.6 Å². The van der Waals surface area contributed by atoms with Gasteiger partial charge in [-0.25, -0.2) is 0 Å². The van der Waals surface area contributed by atoms with Gasteiger partial charge in [-0.3, -0.25) is 14.6 Å². The van der Waals surface area contributed by atoms with E-state index in [9.17, 15) is 14.7 Å². The molecule has 1 spiro atoms. The van der Waals surface area contributed by atoms with Crippen molar-refractivity contribution in [3.8, 4) is 5.75 Å². The minimum atomic E-state index is -0.390. The first-order chi connectivity index (χ1) is 17.0. The van der Waals surface area contributed by atoms with Crippen molar-refractivity contribution in [2.45, 2.75) is 37.1 Å². The molecule has 3 aliphatic rings. The third kappa shape index (κ3) is 3.58. The van der Waals surface area contributed by atoms with E-state index in [2.05, 4.69) is 16.0 Å². The molecular formula is C27H30N4O4. The van der Waals surface area contributed by atoms with Crippen LogP contribution in [0.4, 0.5) is 0 Å². The monoisotopic (exact) mass is 474 g/mol. The van der Waals surface area contributed by atoms with Crippen molar-refractivity contribution in [2.75, 3.05) is 33.4 Å². The van der Waals surface area contributed by atoms with Crippen molar-refractivity contribution < 1.29 is 19.4 Å². The number of nitrogens with zero attached hydrogens (tertiary/aromatic N) is 3. The number of nitrogens with one attached hydrogen (secondary N) is 1. The fraction of sp³-hybridized carbons (Fsp3) is 0.444. The fourth-order valence-corrected chi connectivity index (χ4v) is 6.03. The highest BCUT2D eigenvalue weighted by atomic mass is 16.5. The maximum absolute atomic E-state index is 13.3. The molecule has 2 fully saturated rings. The third-order valence-electron chi connectivity index (χ3n) is 8.07. The SMILES string of the molecule is COc1ccc2c3c([nH]c2c1)[C@@H](CO)N(C(=O)C1CC1)CC31CCN(C(=O)c2ccncc2)CC1. The zero-order valence-corrected chi connectivity index (χ0v) is 19.9. The largest absolute Gasteiger partial charge is 0.497 e. The van der Waals surface area contributed by atoms with Crippen LogP contribution in [-0.2, 0) is 10.2 Å². The van der Waals surface area contributed by atoms with Gasteiger partial charge in [-0.05, 0) is 55.5 Å². The third-order valence-corrected chi connectivity index (χ3v) is 8.07. The van der Waals surface area contributed by atoms with Crippen molar-refractivity contribution in [3.63, 3.8) is 0 Å². The number of carbonyl (C=O) groups is 2. The molecule has 8 heteroatoms. The molecule has 1 aliphatic carbocycles. The van der Waals surface area contributed by atoms with E-state index in [1.165, 1.54) is 5.56 Å². The molecule has 4 heterocycles. The van der Waals surface area contributed by atoms with E-state index in [-0.39, 0.29) is 29.8 Å². The number of amides is 2. The summed E-state index contributed by atoms with van der Waals surface area (Å²) in [5, 5.41) is 11.5. The summed E-state index contributed by atoms with van der Waals surface area (Å²) in [5.41, 5.74) is 3.41. The second-order valence-corrected chi connectivity index (χ2v) is 10.1. The molecule has 2 aliphatic heterocycles. The number of aromatic nitrogens is 2. The predicted molar refractivity (Wildman–Crippen MR) is 130 cm³/mol. The van der Waals surface area contributed by atoms with Crippen LogP contribution in [0.2, 0.25) is 0 Å². The van der Waals surface area contributed by atoms with Crippen LogP contribution in [-0.4, -0.2) is 70.0 Å². The van der Waals surface area contributed by atoms with Gasteiger partial charge in [0.25, 0.3) is 5.91 Å². The van der Waals surface area contributed by atoms with Gasteiger partial charge in [-0.15, -0.1) is 0 Å². The summed E-state index contributed by atoms with van der Waals surface area (Å²) < 4.78 is 5.44. The first-order valence-electron chi connectivity index (χ1n) is 12.4. The average Bonchev–Trinajstić information content (AvgIpc) is 3.68. The second-order valence-electron chi connectivity index (χ2n) is 10.1.